The Bertz CT molecular complexity index is 1350. The summed E-state index contributed by atoms with van der Waals surface area (Å²) in [6.45, 7) is 19.0. The largest absolute Gasteiger partial charge is 0.494 e. The first-order valence-corrected chi connectivity index (χ1v) is 16.9. The van der Waals surface area contributed by atoms with Crippen molar-refractivity contribution in [3.63, 3.8) is 0 Å². The number of allylic oxidation sites excluding steroid dienone is 10. The predicted octanol–water partition coefficient (Wildman–Crippen LogP) is 10.2. The highest BCUT2D eigenvalue weighted by Crippen LogP contribution is 2.28. The minimum atomic E-state index is -0.363. The van der Waals surface area contributed by atoms with Gasteiger partial charge in [-0.05, 0) is 87.2 Å². The van der Waals surface area contributed by atoms with Gasteiger partial charge in [0.25, 0.3) is 0 Å². The quantitative estimate of drug-likeness (QED) is 0.0372. The fraction of sp³-hybridized carbons (Fsp3) is 0.381. The lowest BCUT2D eigenvalue weighted by Gasteiger charge is -2.12. The zero-order valence-electron chi connectivity index (χ0n) is 28.3. The van der Waals surface area contributed by atoms with Gasteiger partial charge in [0.15, 0.2) is 0 Å². The van der Waals surface area contributed by atoms with Crippen LogP contribution in [-0.2, 0) is 25.4 Å². The summed E-state index contributed by atoms with van der Waals surface area (Å²) in [6.07, 6.45) is 27.8. The van der Waals surface area contributed by atoms with E-state index in [0.29, 0.717) is 49.6 Å². The third-order valence-corrected chi connectivity index (χ3v) is 7.42. The Labute approximate surface area is 283 Å². The molecule has 0 fully saturated rings. The molecule has 0 saturated heterocycles. The molecule has 1 aliphatic rings. The summed E-state index contributed by atoms with van der Waals surface area (Å²) in [5.41, 5.74) is 4.38. The first-order chi connectivity index (χ1) is 22.9. The molecule has 0 bridgehead atoms. The number of carbonyl (C=O) groups is 2. The Morgan fingerprint density at radius 1 is 0.851 bits per heavy atom. The topological polar surface area (TPSA) is 61.8 Å². The standard InChI is InChI=1S/C42H52O5/c1-6-10-13-16-28-45-34(5)40-32-37(26-27-39(33-40)42(44)47-30-18-15-12-8-3)36(21-9-4)24-19-22-35-23-20-25-38(31-35)41(43)46-29-17-14-11-7-2/h7-9,19,21,24-25,27,31-33H,2-6,10-18,22,26,28-30H2,1H3/b24-19-,36-21+. The van der Waals surface area contributed by atoms with Crippen molar-refractivity contribution in [2.75, 3.05) is 19.8 Å². The first-order valence-electron chi connectivity index (χ1n) is 16.9. The Balaban J connectivity index is 2.19. The van der Waals surface area contributed by atoms with Gasteiger partial charge in [-0.1, -0.05) is 94.0 Å². The molecule has 1 aromatic carbocycles. The molecule has 0 saturated carbocycles. The Morgan fingerprint density at radius 2 is 1.53 bits per heavy atom. The van der Waals surface area contributed by atoms with E-state index in [-0.39, 0.29) is 11.9 Å². The molecule has 1 aliphatic carbocycles. The van der Waals surface area contributed by atoms with E-state index in [0.717, 1.165) is 86.5 Å². The lowest BCUT2D eigenvalue weighted by molar-refractivity contribution is -0.138. The highest BCUT2D eigenvalue weighted by Gasteiger charge is 2.17. The molecular formula is C42H52O5. The van der Waals surface area contributed by atoms with Crippen molar-refractivity contribution >= 4 is 11.9 Å². The summed E-state index contributed by atoms with van der Waals surface area (Å²) >= 11 is 0. The van der Waals surface area contributed by atoms with Crippen molar-refractivity contribution in [3.8, 4) is 0 Å². The molecule has 0 spiro atoms. The van der Waals surface area contributed by atoms with Gasteiger partial charge in [-0.25, -0.2) is 9.59 Å². The van der Waals surface area contributed by atoms with Crippen LogP contribution in [-0.4, -0.2) is 31.8 Å². The van der Waals surface area contributed by atoms with E-state index in [2.05, 4.69) is 45.4 Å². The van der Waals surface area contributed by atoms with E-state index in [4.69, 9.17) is 14.2 Å². The van der Waals surface area contributed by atoms with Crippen molar-refractivity contribution in [3.05, 3.63) is 144 Å². The lowest BCUT2D eigenvalue weighted by Crippen LogP contribution is -2.08. The van der Waals surface area contributed by atoms with Crippen LogP contribution in [0.1, 0.15) is 93.5 Å². The van der Waals surface area contributed by atoms with Crippen LogP contribution in [0, 0.1) is 12.1 Å². The summed E-state index contributed by atoms with van der Waals surface area (Å²) in [7, 11) is 0. The SMILES string of the molecule is C=C/C=C(\C=C/Cc1c#ccc(C(=O)OCCCCC=C)c1)C1=CC(C(=C)OCCCCCC)=CC(C(=O)OCCCCC=C)=CC1. The number of hydrogen-bond acceptors (Lipinski definition) is 5. The molecule has 47 heavy (non-hydrogen) atoms. The molecule has 1 aromatic rings. The van der Waals surface area contributed by atoms with Gasteiger partial charge in [0.2, 0.25) is 0 Å². The molecule has 0 unspecified atom stereocenters. The smallest absolute Gasteiger partial charge is 0.338 e. The average molecular weight is 637 g/mol. The second-order valence-corrected chi connectivity index (χ2v) is 11.3. The van der Waals surface area contributed by atoms with E-state index in [1.54, 1.807) is 24.3 Å². The zero-order valence-corrected chi connectivity index (χ0v) is 28.3. The van der Waals surface area contributed by atoms with Crippen LogP contribution in [0.4, 0.5) is 0 Å². The maximum absolute atomic E-state index is 13.1. The first kappa shape index (κ1) is 38.6. The highest BCUT2D eigenvalue weighted by atomic mass is 16.5. The molecule has 0 N–H and O–H groups in total. The summed E-state index contributed by atoms with van der Waals surface area (Å²) in [5.74, 6) is -0.208. The molecular weight excluding hydrogens is 584 g/mol. The predicted molar refractivity (Wildman–Crippen MR) is 193 cm³/mol. The number of hydrogen-bond donors (Lipinski definition) is 0. The second kappa shape index (κ2) is 23.7. The normalized spacial score (nSPS) is 13.0. The minimum Gasteiger partial charge on any atom is -0.494 e. The van der Waals surface area contributed by atoms with Gasteiger partial charge in [-0.15, -0.1) is 13.2 Å². The zero-order chi connectivity index (χ0) is 34.1. The molecule has 5 nitrogen and oxygen atoms in total. The van der Waals surface area contributed by atoms with E-state index < -0.39 is 0 Å². The molecule has 0 radical (unpaired) electrons. The van der Waals surface area contributed by atoms with Crippen molar-refractivity contribution < 1.29 is 23.8 Å². The van der Waals surface area contributed by atoms with Crippen LogP contribution in [0.25, 0.3) is 0 Å². The van der Waals surface area contributed by atoms with Gasteiger partial charge in [0.05, 0.1) is 31.0 Å². The number of carbonyl (C=O) groups excluding carboxylic acids is 2. The Hall–Kier alpha value is -4.56. The number of ether oxygens (including phenoxy) is 3. The van der Waals surface area contributed by atoms with Crippen LogP contribution >= 0.6 is 0 Å². The Morgan fingerprint density at radius 3 is 2.21 bits per heavy atom. The van der Waals surface area contributed by atoms with Gasteiger partial charge >= 0.3 is 11.9 Å². The minimum absolute atomic E-state index is 0.357. The third kappa shape index (κ3) is 15.5. The number of rotatable bonds is 24. The van der Waals surface area contributed by atoms with Gasteiger partial charge in [0, 0.05) is 17.2 Å². The third-order valence-electron chi connectivity index (χ3n) is 7.42. The molecule has 0 aliphatic heterocycles. The maximum Gasteiger partial charge on any atom is 0.338 e. The van der Waals surface area contributed by atoms with E-state index in [9.17, 15) is 9.59 Å². The van der Waals surface area contributed by atoms with Gasteiger partial charge in [0.1, 0.15) is 5.76 Å². The van der Waals surface area contributed by atoms with Crippen LogP contribution < -0.4 is 0 Å². The summed E-state index contributed by atoms with van der Waals surface area (Å²) in [6, 6.07) is 9.42. The Kier molecular flexibility index (Phi) is 19.5. The van der Waals surface area contributed by atoms with E-state index in [1.165, 1.54) is 0 Å². The lowest BCUT2D eigenvalue weighted by atomic mass is 9.98. The summed E-state index contributed by atoms with van der Waals surface area (Å²) in [4.78, 5) is 25.6. The van der Waals surface area contributed by atoms with Gasteiger partial charge < -0.3 is 14.2 Å². The molecule has 0 amide bonds. The molecule has 0 heterocycles. The van der Waals surface area contributed by atoms with Gasteiger partial charge in [-0.2, -0.15) is 0 Å². The van der Waals surface area contributed by atoms with Crippen LogP contribution in [0.15, 0.2) is 121 Å². The fourth-order valence-electron chi connectivity index (χ4n) is 4.73. The number of esters is 2. The van der Waals surface area contributed by atoms with Crippen molar-refractivity contribution in [2.45, 2.75) is 84.0 Å². The molecule has 0 aromatic heterocycles. The van der Waals surface area contributed by atoms with Crippen LogP contribution in [0.3, 0.4) is 0 Å². The monoisotopic (exact) mass is 636 g/mol. The van der Waals surface area contributed by atoms with Crippen molar-refractivity contribution in [2.24, 2.45) is 0 Å². The molecule has 5 heteroatoms. The van der Waals surface area contributed by atoms with Crippen molar-refractivity contribution in [1.29, 1.82) is 0 Å². The fourth-order valence-corrected chi connectivity index (χ4v) is 4.73. The molecule has 2 rings (SSSR count). The molecule has 250 valence electrons. The van der Waals surface area contributed by atoms with E-state index >= 15 is 0 Å². The van der Waals surface area contributed by atoms with Gasteiger partial charge in [-0.3, -0.25) is 0 Å². The second-order valence-electron chi connectivity index (χ2n) is 11.3. The summed E-state index contributed by atoms with van der Waals surface area (Å²) < 4.78 is 17.0. The van der Waals surface area contributed by atoms with Crippen LogP contribution in [0.2, 0.25) is 0 Å². The highest BCUT2D eigenvalue weighted by molar-refractivity contribution is 5.92. The maximum atomic E-state index is 13.1. The molecule has 0 atom stereocenters. The van der Waals surface area contributed by atoms with Crippen molar-refractivity contribution in [1.82, 2.24) is 0 Å². The van der Waals surface area contributed by atoms with E-state index in [1.807, 2.05) is 42.5 Å². The number of unbranched alkanes of at least 4 members (excludes halogenated alkanes) is 7. The summed E-state index contributed by atoms with van der Waals surface area (Å²) in [5, 5.41) is 0. The average Bonchev–Trinajstić information content (AvgIpc) is 3.31. The van der Waals surface area contributed by atoms with Crippen LogP contribution in [0.5, 0.6) is 0 Å².